The molecule has 1 amide bonds. The number of thioether (sulfide) groups is 1. The normalized spacial score (nSPS) is 32.8. The number of hydrogen-bond donors (Lipinski definition) is 1. The Morgan fingerprint density at radius 1 is 1.40 bits per heavy atom. The summed E-state index contributed by atoms with van der Waals surface area (Å²) >= 11 is 1.92. The van der Waals surface area contributed by atoms with Gasteiger partial charge in [-0.1, -0.05) is 13.8 Å². The van der Waals surface area contributed by atoms with E-state index in [9.17, 15) is 4.79 Å². The van der Waals surface area contributed by atoms with Gasteiger partial charge in [-0.3, -0.25) is 4.79 Å². The molecule has 0 aromatic heterocycles. The molecular weight excluding hydrogens is 296 g/mol. The molecule has 1 saturated carbocycles. The van der Waals surface area contributed by atoms with Gasteiger partial charge < -0.3 is 15.4 Å². The number of hydrogen-bond acceptors (Lipinski definition) is 4. The highest BCUT2D eigenvalue weighted by atomic mass is 35.5. The first-order valence-electron chi connectivity index (χ1n) is 7.21. The van der Waals surface area contributed by atoms with Crippen molar-refractivity contribution in [1.29, 1.82) is 0 Å². The zero-order chi connectivity index (χ0) is 14.1. The van der Waals surface area contributed by atoms with Crippen molar-refractivity contribution in [2.45, 2.75) is 45.3 Å². The van der Waals surface area contributed by atoms with Crippen LogP contribution in [0.2, 0.25) is 0 Å². The van der Waals surface area contributed by atoms with Crippen molar-refractivity contribution in [3.63, 3.8) is 0 Å². The van der Waals surface area contributed by atoms with E-state index in [-0.39, 0.29) is 29.8 Å². The van der Waals surface area contributed by atoms with Crippen molar-refractivity contribution < 1.29 is 9.53 Å². The van der Waals surface area contributed by atoms with E-state index in [1.807, 2.05) is 23.6 Å². The predicted octanol–water partition coefficient (Wildman–Crippen LogP) is 1.91. The Labute approximate surface area is 132 Å². The van der Waals surface area contributed by atoms with E-state index >= 15 is 0 Å². The second-order valence-corrected chi connectivity index (χ2v) is 7.32. The van der Waals surface area contributed by atoms with Gasteiger partial charge in [0.1, 0.15) is 5.54 Å². The Morgan fingerprint density at radius 3 is 2.70 bits per heavy atom. The molecule has 0 radical (unpaired) electrons. The maximum absolute atomic E-state index is 12.8. The van der Waals surface area contributed by atoms with Crippen LogP contribution in [0.5, 0.6) is 0 Å². The van der Waals surface area contributed by atoms with E-state index in [0.29, 0.717) is 13.0 Å². The van der Waals surface area contributed by atoms with Crippen LogP contribution in [0.1, 0.15) is 33.6 Å². The van der Waals surface area contributed by atoms with Crippen molar-refractivity contribution in [3.05, 3.63) is 0 Å². The van der Waals surface area contributed by atoms with Gasteiger partial charge in [-0.2, -0.15) is 11.8 Å². The zero-order valence-corrected chi connectivity index (χ0v) is 14.3. The molecule has 1 saturated heterocycles. The molecule has 20 heavy (non-hydrogen) atoms. The Kier molecular flexibility index (Phi) is 6.20. The molecule has 0 aromatic carbocycles. The molecule has 2 aliphatic rings. The fraction of sp³-hybridized carbons (Fsp3) is 0.929. The smallest absolute Gasteiger partial charge is 0.243 e. The number of ether oxygens (including phenoxy) is 1. The van der Waals surface area contributed by atoms with Gasteiger partial charge >= 0.3 is 0 Å². The molecule has 1 aliphatic carbocycles. The van der Waals surface area contributed by atoms with Crippen LogP contribution in [0, 0.1) is 5.41 Å². The number of carbonyl (C=O) groups excluding carboxylic acids is 1. The average molecular weight is 323 g/mol. The number of nitrogens with two attached hydrogens (primary N) is 1. The first-order chi connectivity index (χ1) is 8.93. The zero-order valence-electron chi connectivity index (χ0n) is 12.7. The highest BCUT2D eigenvalue weighted by molar-refractivity contribution is 7.99. The van der Waals surface area contributed by atoms with Gasteiger partial charge in [0.15, 0.2) is 0 Å². The molecule has 6 heteroatoms. The number of amides is 1. The van der Waals surface area contributed by atoms with Crippen LogP contribution in [0.3, 0.4) is 0 Å². The highest BCUT2D eigenvalue weighted by Gasteiger charge is 2.63. The number of nitrogens with zero attached hydrogens (tertiary/aromatic N) is 1. The standard InChI is InChI=1S/C14H26N2O2S.ClH/c1-4-18-11-10-14(15,13(11,2)3)12(17)16-6-5-8-19-9-7-16;/h11H,4-10,15H2,1-3H3;1H. The molecule has 2 fully saturated rings. The fourth-order valence-corrected chi connectivity index (χ4v) is 3.92. The summed E-state index contributed by atoms with van der Waals surface area (Å²) < 4.78 is 5.70. The van der Waals surface area contributed by atoms with E-state index in [1.54, 1.807) is 0 Å². The first-order valence-corrected chi connectivity index (χ1v) is 8.36. The van der Waals surface area contributed by atoms with Crippen molar-refractivity contribution in [1.82, 2.24) is 4.90 Å². The van der Waals surface area contributed by atoms with Crippen LogP contribution < -0.4 is 5.73 Å². The molecule has 1 heterocycles. The molecule has 2 rings (SSSR count). The first kappa shape index (κ1) is 18.1. The Morgan fingerprint density at radius 2 is 2.10 bits per heavy atom. The van der Waals surface area contributed by atoms with Crippen LogP contribution in [0.25, 0.3) is 0 Å². The van der Waals surface area contributed by atoms with Crippen molar-refractivity contribution >= 4 is 30.1 Å². The third-order valence-corrected chi connectivity index (χ3v) is 5.77. The summed E-state index contributed by atoms with van der Waals surface area (Å²) in [5.74, 6) is 2.29. The molecule has 1 aliphatic heterocycles. The van der Waals surface area contributed by atoms with Crippen LogP contribution in [0.15, 0.2) is 0 Å². The molecular formula is C14H27ClN2O2S. The van der Waals surface area contributed by atoms with Gasteiger partial charge in [-0.15, -0.1) is 12.4 Å². The Bertz CT molecular complexity index is 346. The molecule has 4 nitrogen and oxygen atoms in total. The minimum Gasteiger partial charge on any atom is -0.378 e. The predicted molar refractivity (Wildman–Crippen MR) is 86.5 cm³/mol. The van der Waals surface area contributed by atoms with Gasteiger partial charge in [0, 0.05) is 37.3 Å². The van der Waals surface area contributed by atoms with E-state index < -0.39 is 5.54 Å². The molecule has 118 valence electrons. The van der Waals surface area contributed by atoms with Gasteiger partial charge in [0.2, 0.25) is 5.91 Å². The van der Waals surface area contributed by atoms with Crippen molar-refractivity contribution in [2.75, 3.05) is 31.2 Å². The summed E-state index contributed by atoms with van der Waals surface area (Å²) in [7, 11) is 0. The van der Waals surface area contributed by atoms with Gasteiger partial charge in [0.25, 0.3) is 0 Å². The largest absolute Gasteiger partial charge is 0.378 e. The number of halogens is 1. The SMILES string of the molecule is CCOC1CC(N)(C(=O)N2CCCSCC2)C1(C)C.Cl. The minimum absolute atomic E-state index is 0. The Balaban J connectivity index is 0.00000200. The third-order valence-electron chi connectivity index (χ3n) is 4.72. The molecule has 0 spiro atoms. The fourth-order valence-electron chi connectivity index (χ4n) is 3.03. The molecule has 2 unspecified atom stereocenters. The molecule has 2 N–H and O–H groups in total. The second kappa shape index (κ2) is 6.86. The van der Waals surface area contributed by atoms with Gasteiger partial charge in [0.05, 0.1) is 6.10 Å². The number of rotatable bonds is 3. The van der Waals surface area contributed by atoms with Crippen LogP contribution in [0.4, 0.5) is 0 Å². The van der Waals surface area contributed by atoms with Gasteiger partial charge in [-0.05, 0) is 19.1 Å². The van der Waals surface area contributed by atoms with E-state index in [2.05, 4.69) is 13.8 Å². The minimum atomic E-state index is -0.748. The summed E-state index contributed by atoms with van der Waals surface area (Å²) in [5.41, 5.74) is 5.42. The topological polar surface area (TPSA) is 55.6 Å². The van der Waals surface area contributed by atoms with Crippen molar-refractivity contribution in [2.24, 2.45) is 11.1 Å². The monoisotopic (exact) mass is 322 g/mol. The Hall–Kier alpha value is 0.0300. The van der Waals surface area contributed by atoms with E-state index in [1.165, 1.54) is 0 Å². The number of carbonyl (C=O) groups is 1. The van der Waals surface area contributed by atoms with Crippen LogP contribution >= 0.6 is 24.2 Å². The van der Waals surface area contributed by atoms with E-state index in [4.69, 9.17) is 10.5 Å². The molecule has 0 aromatic rings. The van der Waals surface area contributed by atoms with Crippen LogP contribution in [-0.4, -0.2) is 53.7 Å². The third kappa shape index (κ3) is 2.96. The summed E-state index contributed by atoms with van der Waals surface area (Å²) in [6.45, 7) is 8.46. The lowest BCUT2D eigenvalue weighted by Crippen LogP contribution is -2.76. The maximum Gasteiger partial charge on any atom is 0.243 e. The lowest BCUT2D eigenvalue weighted by atomic mass is 9.54. The van der Waals surface area contributed by atoms with Crippen molar-refractivity contribution in [3.8, 4) is 0 Å². The van der Waals surface area contributed by atoms with E-state index in [0.717, 1.165) is 31.0 Å². The second-order valence-electron chi connectivity index (χ2n) is 6.10. The molecule has 0 bridgehead atoms. The lowest BCUT2D eigenvalue weighted by molar-refractivity contribution is -0.179. The quantitative estimate of drug-likeness (QED) is 0.862. The van der Waals surface area contributed by atoms with Crippen LogP contribution in [-0.2, 0) is 9.53 Å². The summed E-state index contributed by atoms with van der Waals surface area (Å²) in [4.78, 5) is 14.7. The lowest BCUT2D eigenvalue weighted by Gasteiger charge is -2.58. The summed E-state index contributed by atoms with van der Waals surface area (Å²) in [5, 5.41) is 0. The highest BCUT2D eigenvalue weighted by Crippen LogP contribution is 2.50. The summed E-state index contributed by atoms with van der Waals surface area (Å²) in [6, 6.07) is 0. The van der Waals surface area contributed by atoms with Gasteiger partial charge in [-0.25, -0.2) is 0 Å². The average Bonchev–Trinajstić information content (AvgIpc) is 2.66. The maximum atomic E-state index is 12.8. The molecule has 2 atom stereocenters. The summed E-state index contributed by atoms with van der Waals surface area (Å²) in [6.07, 6.45) is 1.82.